The number of amides is 1. The average Bonchev–Trinajstić information content (AvgIpc) is 3.07. The lowest BCUT2D eigenvalue weighted by Crippen LogP contribution is -2.63. The van der Waals surface area contributed by atoms with E-state index in [1.54, 1.807) is 0 Å². The molecule has 1 amide bonds. The molecular formula is C18H31N3O15P2. The monoisotopic (exact) mass is 591 g/mol. The van der Waals surface area contributed by atoms with Crippen LogP contribution >= 0.6 is 15.6 Å². The molecule has 0 spiro atoms. The zero-order valence-corrected chi connectivity index (χ0v) is 21.9. The third-order valence-electron chi connectivity index (χ3n) is 5.87. The second kappa shape index (κ2) is 12.1. The molecule has 5 unspecified atom stereocenters. The van der Waals surface area contributed by atoms with Gasteiger partial charge in [0.2, 0.25) is 0 Å². The number of likely N-dealkylation sites (N-methyl/N-ethyl adjacent to an activating group) is 1. The Morgan fingerprint density at radius 2 is 1.71 bits per heavy atom. The number of aliphatic hydroxyl groups excluding tert-OH is 5. The molecule has 20 heteroatoms. The maximum absolute atomic E-state index is 12.4. The third kappa shape index (κ3) is 7.06. The van der Waals surface area contributed by atoms with Gasteiger partial charge < -0.3 is 59.9 Å². The Hall–Kier alpha value is -1.31. The van der Waals surface area contributed by atoms with Crippen LogP contribution in [0.25, 0.3) is 0 Å². The molecule has 218 valence electrons. The van der Waals surface area contributed by atoms with E-state index in [2.05, 4.69) is 20.7 Å². The van der Waals surface area contributed by atoms with Gasteiger partial charge in [0.15, 0.2) is 12.5 Å². The van der Waals surface area contributed by atoms with Gasteiger partial charge in [-0.15, -0.1) is 0 Å². The number of phosphoric ester groups is 2. The van der Waals surface area contributed by atoms with Crippen molar-refractivity contribution in [1.82, 2.24) is 15.1 Å². The number of phosphoric acid groups is 2. The van der Waals surface area contributed by atoms with Gasteiger partial charge in [0, 0.05) is 12.3 Å². The quantitative estimate of drug-likeness (QED) is 0.114. The van der Waals surface area contributed by atoms with Crippen LogP contribution < -0.4 is 5.32 Å². The lowest BCUT2D eigenvalue weighted by Gasteiger charge is -2.44. The summed E-state index contributed by atoms with van der Waals surface area (Å²) in [5.41, 5.74) is 0. The van der Waals surface area contributed by atoms with Crippen molar-refractivity contribution >= 4 is 21.6 Å². The molecule has 0 bridgehead atoms. The van der Waals surface area contributed by atoms with E-state index in [0.717, 1.165) is 6.08 Å². The molecule has 38 heavy (non-hydrogen) atoms. The number of nitrogens with one attached hydrogen (secondary N) is 1. The first-order valence-electron chi connectivity index (χ1n) is 11.0. The third-order valence-corrected chi connectivity index (χ3v) is 8.47. The number of hydrogen-bond donors (Lipinski definition) is 8. The highest BCUT2D eigenvalue weighted by atomic mass is 31.3. The molecule has 0 saturated carbocycles. The van der Waals surface area contributed by atoms with E-state index in [-0.39, 0.29) is 5.82 Å². The van der Waals surface area contributed by atoms with Crippen molar-refractivity contribution in [3.8, 4) is 0 Å². The van der Waals surface area contributed by atoms with Crippen LogP contribution in [0.1, 0.15) is 0 Å². The summed E-state index contributed by atoms with van der Waals surface area (Å²) >= 11 is 0. The molecule has 18 nitrogen and oxygen atoms in total. The minimum atomic E-state index is -5.50. The first kappa shape index (κ1) is 31.2. The van der Waals surface area contributed by atoms with Crippen molar-refractivity contribution in [3.63, 3.8) is 0 Å². The first-order valence-corrected chi connectivity index (χ1v) is 14.0. The molecule has 3 aliphatic rings. The van der Waals surface area contributed by atoms with Gasteiger partial charge in [0.05, 0.1) is 19.3 Å². The normalized spacial score (nSPS) is 39.2. The van der Waals surface area contributed by atoms with E-state index >= 15 is 0 Å². The fraction of sp³-hybridized carbons (Fsp3) is 0.722. The Labute approximate surface area is 216 Å². The smallest absolute Gasteiger partial charge is 0.394 e. The Morgan fingerprint density at radius 3 is 2.29 bits per heavy atom. The number of carbonyl (C=O) groups excluding carboxylic acids is 1. The van der Waals surface area contributed by atoms with Gasteiger partial charge in [-0.3, -0.25) is 13.8 Å². The SMILES string of the molecule is C=C1NC(=O)C=CN1[C@@H]1O[C@H](COP(=O)(O)OP(=O)(O)O[C@@H]2OC(CO)[C@H](O)[C@H](N(C)C)C2O)C(O)[C@@H]1O. The maximum Gasteiger partial charge on any atom is 0.483 e. The van der Waals surface area contributed by atoms with Gasteiger partial charge in [0.25, 0.3) is 5.91 Å². The Balaban J connectivity index is 1.61. The highest BCUT2D eigenvalue weighted by Gasteiger charge is 2.51. The molecule has 2 fully saturated rings. The van der Waals surface area contributed by atoms with E-state index in [9.17, 15) is 49.2 Å². The summed E-state index contributed by atoms with van der Waals surface area (Å²) in [7, 11) is -7.97. The van der Waals surface area contributed by atoms with Gasteiger partial charge in [-0.05, 0) is 14.1 Å². The molecule has 3 rings (SSSR count). The maximum atomic E-state index is 12.4. The molecule has 2 saturated heterocycles. The summed E-state index contributed by atoms with van der Waals surface area (Å²) in [6.07, 6.45) is -10.1. The number of carbonyl (C=O) groups is 1. The summed E-state index contributed by atoms with van der Waals surface area (Å²) in [5.74, 6) is -0.468. The second-order valence-corrected chi connectivity index (χ2v) is 11.8. The topological polar surface area (TPSA) is 257 Å². The van der Waals surface area contributed by atoms with Gasteiger partial charge in [-0.25, -0.2) is 9.13 Å². The van der Waals surface area contributed by atoms with Crippen LogP contribution in [0.3, 0.4) is 0 Å². The molecule has 3 heterocycles. The molecule has 11 atom stereocenters. The van der Waals surface area contributed by atoms with Crippen LogP contribution in [-0.2, 0) is 36.8 Å². The molecule has 0 aromatic heterocycles. The van der Waals surface area contributed by atoms with Crippen molar-refractivity contribution in [3.05, 3.63) is 24.7 Å². The molecule has 0 aliphatic carbocycles. The molecular weight excluding hydrogens is 560 g/mol. The van der Waals surface area contributed by atoms with Gasteiger partial charge in [-0.1, -0.05) is 6.58 Å². The highest BCUT2D eigenvalue weighted by molar-refractivity contribution is 7.61. The second-order valence-electron chi connectivity index (χ2n) is 8.79. The molecule has 0 aromatic carbocycles. The highest BCUT2D eigenvalue weighted by Crippen LogP contribution is 2.61. The lowest BCUT2D eigenvalue weighted by atomic mass is 9.95. The van der Waals surface area contributed by atoms with Crippen molar-refractivity contribution in [2.75, 3.05) is 27.3 Å². The predicted molar refractivity (Wildman–Crippen MR) is 122 cm³/mol. The van der Waals surface area contributed by atoms with Crippen LogP contribution in [0.2, 0.25) is 0 Å². The van der Waals surface area contributed by atoms with Crippen LogP contribution in [0.4, 0.5) is 0 Å². The number of hydrogen-bond acceptors (Lipinski definition) is 15. The Morgan fingerprint density at radius 1 is 1.05 bits per heavy atom. The Kier molecular flexibility index (Phi) is 9.90. The minimum Gasteiger partial charge on any atom is -0.394 e. The average molecular weight is 591 g/mol. The van der Waals surface area contributed by atoms with E-state index < -0.39 is 89.9 Å². The van der Waals surface area contributed by atoms with Crippen molar-refractivity contribution in [2.45, 2.75) is 55.2 Å². The predicted octanol–water partition coefficient (Wildman–Crippen LogP) is -3.53. The van der Waals surface area contributed by atoms with Crippen molar-refractivity contribution < 1.29 is 72.1 Å². The summed E-state index contributed by atoms with van der Waals surface area (Å²) in [4.78, 5) is 33.9. The number of nitrogens with zero attached hydrogens (tertiary/aromatic N) is 2. The molecule has 0 radical (unpaired) electrons. The van der Waals surface area contributed by atoms with Crippen LogP contribution in [0.15, 0.2) is 24.7 Å². The van der Waals surface area contributed by atoms with Crippen LogP contribution in [0.5, 0.6) is 0 Å². The van der Waals surface area contributed by atoms with Crippen LogP contribution in [0, 0.1) is 0 Å². The summed E-state index contributed by atoms with van der Waals surface area (Å²) in [6.45, 7) is 1.92. The van der Waals surface area contributed by atoms with Crippen molar-refractivity contribution in [2.24, 2.45) is 0 Å². The van der Waals surface area contributed by atoms with E-state index in [0.29, 0.717) is 0 Å². The largest absolute Gasteiger partial charge is 0.483 e. The standard InChI is InChI=1S/C18H31N3O15P2/c1-8-19-11(23)4-5-21(8)17-16(27)14(25)10(33-17)7-32-37(28,29)36-38(30,31)35-18-15(26)12(20(2)3)13(24)9(6-22)34-18/h4-5,9-10,12-18,22,24-27H,1,6-7H2,2-3H3,(H,19,23)(H,28,29)(H,30,31)/t9?,10-,12+,13+,14?,15?,16+,17-,18+/m1/s1. The molecule has 8 N–H and O–H groups in total. The number of ether oxygens (including phenoxy) is 2. The van der Waals surface area contributed by atoms with Crippen LogP contribution in [-0.4, -0.2) is 134 Å². The lowest BCUT2D eigenvalue weighted by molar-refractivity contribution is -0.266. The summed E-state index contributed by atoms with van der Waals surface area (Å²) in [5, 5.41) is 53.0. The fourth-order valence-electron chi connectivity index (χ4n) is 4.06. The number of rotatable bonds is 10. The zero-order valence-electron chi connectivity index (χ0n) is 20.2. The van der Waals surface area contributed by atoms with E-state index in [1.165, 1.54) is 30.1 Å². The van der Waals surface area contributed by atoms with E-state index in [1.807, 2.05) is 0 Å². The first-order chi connectivity index (χ1) is 17.6. The Bertz CT molecular complexity index is 1010. The van der Waals surface area contributed by atoms with Crippen molar-refractivity contribution in [1.29, 1.82) is 0 Å². The zero-order chi connectivity index (χ0) is 28.6. The van der Waals surface area contributed by atoms with Gasteiger partial charge in [-0.2, -0.15) is 4.31 Å². The summed E-state index contributed by atoms with van der Waals surface area (Å²) in [6, 6.07) is -1.12. The fourth-order valence-corrected chi connectivity index (χ4v) is 6.22. The summed E-state index contributed by atoms with van der Waals surface area (Å²) < 4.78 is 48.9. The van der Waals surface area contributed by atoms with Gasteiger partial charge >= 0.3 is 15.6 Å². The van der Waals surface area contributed by atoms with Gasteiger partial charge in [0.1, 0.15) is 42.4 Å². The minimum absolute atomic E-state index is 0.0180. The number of aliphatic hydroxyl groups is 5. The molecule has 0 aromatic rings. The van der Waals surface area contributed by atoms with E-state index in [4.69, 9.17) is 14.0 Å². The molecule has 3 aliphatic heterocycles.